The second-order valence-electron chi connectivity index (χ2n) is 5.69. The molecule has 1 fully saturated rings. The van der Waals surface area contributed by atoms with E-state index in [0.717, 1.165) is 0 Å². The minimum Gasteiger partial charge on any atom is -0.444 e. The Labute approximate surface area is 104 Å². The summed E-state index contributed by atoms with van der Waals surface area (Å²) in [7, 11) is 5.67. The highest BCUT2D eigenvalue weighted by Crippen LogP contribution is 2.19. The van der Waals surface area contributed by atoms with Crippen LogP contribution in [0.15, 0.2) is 0 Å². The number of nitrogens with zero attached hydrogens (tertiary/aromatic N) is 2. The van der Waals surface area contributed by atoms with E-state index in [-0.39, 0.29) is 18.2 Å². The van der Waals surface area contributed by atoms with Crippen molar-refractivity contribution in [3.8, 4) is 0 Å². The largest absolute Gasteiger partial charge is 0.444 e. The van der Waals surface area contributed by atoms with Gasteiger partial charge < -0.3 is 19.3 Å². The Balaban J connectivity index is 2.61. The molecule has 0 aromatic carbocycles. The van der Waals surface area contributed by atoms with Gasteiger partial charge in [-0.25, -0.2) is 4.79 Å². The molecule has 1 rings (SSSR count). The lowest BCUT2D eigenvalue weighted by atomic mass is 10.2. The van der Waals surface area contributed by atoms with Gasteiger partial charge in [0.2, 0.25) is 0 Å². The maximum absolute atomic E-state index is 11.9. The van der Waals surface area contributed by atoms with Crippen molar-refractivity contribution in [1.29, 1.82) is 0 Å². The molecular formula is C12H24N2O3. The molecule has 0 aliphatic carbocycles. The Morgan fingerprint density at radius 2 is 1.88 bits per heavy atom. The van der Waals surface area contributed by atoms with Crippen LogP contribution < -0.4 is 0 Å². The zero-order valence-corrected chi connectivity index (χ0v) is 11.7. The summed E-state index contributed by atoms with van der Waals surface area (Å²) >= 11 is 0. The van der Waals surface area contributed by atoms with Gasteiger partial charge in [0.15, 0.2) is 0 Å². The summed E-state index contributed by atoms with van der Waals surface area (Å²) in [6.45, 7) is 6.86. The highest BCUT2D eigenvalue weighted by atomic mass is 16.6. The van der Waals surface area contributed by atoms with E-state index in [1.54, 1.807) is 12.0 Å². The zero-order chi connectivity index (χ0) is 13.2. The van der Waals surface area contributed by atoms with Crippen LogP contribution >= 0.6 is 0 Å². The molecule has 2 atom stereocenters. The Morgan fingerprint density at radius 3 is 2.24 bits per heavy atom. The third kappa shape index (κ3) is 3.85. The summed E-state index contributed by atoms with van der Waals surface area (Å²) in [6.07, 6.45) is -0.207. The third-order valence-corrected chi connectivity index (χ3v) is 2.85. The van der Waals surface area contributed by atoms with E-state index in [2.05, 4.69) is 4.90 Å². The summed E-state index contributed by atoms with van der Waals surface area (Å²) in [6, 6.07) is 0.229. The van der Waals surface area contributed by atoms with Crippen LogP contribution in [0, 0.1) is 0 Å². The molecule has 0 radical (unpaired) electrons. The molecular weight excluding hydrogens is 220 g/mol. The fourth-order valence-electron chi connectivity index (χ4n) is 1.96. The summed E-state index contributed by atoms with van der Waals surface area (Å²) in [5, 5.41) is 0. The number of hydrogen-bond donors (Lipinski definition) is 0. The predicted octanol–water partition coefficient (Wildman–Crippen LogP) is 1.18. The maximum Gasteiger partial charge on any atom is 0.410 e. The van der Waals surface area contributed by atoms with Gasteiger partial charge in [-0.05, 0) is 34.9 Å². The average Bonchev–Trinajstić information content (AvgIpc) is 2.58. The van der Waals surface area contributed by atoms with Gasteiger partial charge in [0.05, 0.1) is 18.7 Å². The van der Waals surface area contributed by atoms with Crippen LogP contribution in [0.3, 0.4) is 0 Å². The van der Waals surface area contributed by atoms with E-state index < -0.39 is 5.60 Å². The normalized spacial score (nSPS) is 25.5. The van der Waals surface area contributed by atoms with E-state index in [1.165, 1.54) is 0 Å². The molecule has 100 valence electrons. The van der Waals surface area contributed by atoms with Gasteiger partial charge in [-0.2, -0.15) is 0 Å². The smallest absolute Gasteiger partial charge is 0.410 e. The highest BCUT2D eigenvalue weighted by Gasteiger charge is 2.38. The van der Waals surface area contributed by atoms with Crippen LogP contribution in [0.5, 0.6) is 0 Å². The molecule has 1 amide bonds. The molecule has 17 heavy (non-hydrogen) atoms. The Kier molecular flexibility index (Phi) is 4.38. The van der Waals surface area contributed by atoms with Gasteiger partial charge in [0, 0.05) is 13.7 Å². The first-order valence-electron chi connectivity index (χ1n) is 5.91. The molecule has 5 nitrogen and oxygen atoms in total. The van der Waals surface area contributed by atoms with Crippen molar-refractivity contribution in [3.63, 3.8) is 0 Å². The standard InChI is InChI=1S/C12H24N2O3/c1-12(2,3)17-11(15)14-7-9(13(4)5)10(8-14)16-6/h9-10H,7-8H2,1-6H3/t9-,10-/m1/s1. The van der Waals surface area contributed by atoms with Crippen molar-refractivity contribution in [1.82, 2.24) is 9.80 Å². The van der Waals surface area contributed by atoms with E-state index in [4.69, 9.17) is 9.47 Å². The number of rotatable bonds is 2. The van der Waals surface area contributed by atoms with Gasteiger partial charge in [-0.15, -0.1) is 0 Å². The molecule has 1 saturated heterocycles. The fourth-order valence-corrected chi connectivity index (χ4v) is 1.96. The quantitative estimate of drug-likeness (QED) is 0.731. The Morgan fingerprint density at radius 1 is 1.29 bits per heavy atom. The molecule has 1 aliphatic heterocycles. The number of carbonyl (C=O) groups excluding carboxylic acids is 1. The number of methoxy groups -OCH3 is 1. The lowest BCUT2D eigenvalue weighted by Crippen LogP contribution is -2.39. The number of likely N-dealkylation sites (N-methyl/N-ethyl adjacent to an activating group) is 1. The average molecular weight is 244 g/mol. The molecule has 5 heteroatoms. The maximum atomic E-state index is 11.9. The van der Waals surface area contributed by atoms with Gasteiger partial charge in [-0.1, -0.05) is 0 Å². The second-order valence-corrected chi connectivity index (χ2v) is 5.69. The molecule has 0 saturated carbocycles. The molecule has 0 N–H and O–H groups in total. The lowest BCUT2D eigenvalue weighted by Gasteiger charge is -2.25. The summed E-state index contributed by atoms with van der Waals surface area (Å²) in [5.74, 6) is 0. The molecule has 0 unspecified atom stereocenters. The van der Waals surface area contributed by atoms with Crippen LogP contribution in [0.25, 0.3) is 0 Å². The van der Waals surface area contributed by atoms with Crippen LogP contribution in [0.2, 0.25) is 0 Å². The summed E-state index contributed by atoms with van der Waals surface area (Å²) in [5.41, 5.74) is -0.449. The first kappa shape index (κ1) is 14.3. The minimum atomic E-state index is -0.449. The van der Waals surface area contributed by atoms with Crippen LogP contribution in [-0.4, -0.2) is 67.9 Å². The Bertz CT molecular complexity index is 273. The van der Waals surface area contributed by atoms with Crippen molar-refractivity contribution in [2.24, 2.45) is 0 Å². The van der Waals surface area contributed by atoms with Gasteiger partial charge >= 0.3 is 6.09 Å². The molecule has 0 spiro atoms. The van der Waals surface area contributed by atoms with Crippen molar-refractivity contribution >= 4 is 6.09 Å². The number of ether oxygens (including phenoxy) is 2. The minimum absolute atomic E-state index is 0.0533. The monoisotopic (exact) mass is 244 g/mol. The molecule has 1 aliphatic rings. The lowest BCUT2D eigenvalue weighted by molar-refractivity contribution is 0.0250. The topological polar surface area (TPSA) is 42.0 Å². The SMILES string of the molecule is CO[C@@H]1CN(C(=O)OC(C)(C)C)C[C@H]1N(C)C. The van der Waals surface area contributed by atoms with Crippen LogP contribution in [-0.2, 0) is 9.47 Å². The number of amides is 1. The van der Waals surface area contributed by atoms with Gasteiger partial charge in [0.25, 0.3) is 0 Å². The number of likely N-dealkylation sites (tertiary alicyclic amines) is 1. The summed E-state index contributed by atoms with van der Waals surface area (Å²) in [4.78, 5) is 15.7. The van der Waals surface area contributed by atoms with Crippen molar-refractivity contribution in [2.45, 2.75) is 38.5 Å². The van der Waals surface area contributed by atoms with Gasteiger partial charge in [-0.3, -0.25) is 0 Å². The van der Waals surface area contributed by atoms with Gasteiger partial charge in [0.1, 0.15) is 5.60 Å². The first-order valence-corrected chi connectivity index (χ1v) is 5.91. The number of hydrogen-bond acceptors (Lipinski definition) is 4. The van der Waals surface area contributed by atoms with Crippen molar-refractivity contribution in [3.05, 3.63) is 0 Å². The summed E-state index contributed by atoms with van der Waals surface area (Å²) < 4.78 is 10.8. The van der Waals surface area contributed by atoms with E-state index in [1.807, 2.05) is 34.9 Å². The molecule has 0 aromatic rings. The highest BCUT2D eigenvalue weighted by molar-refractivity contribution is 5.68. The fraction of sp³-hybridized carbons (Fsp3) is 0.917. The molecule has 0 bridgehead atoms. The van der Waals surface area contributed by atoms with Crippen LogP contribution in [0.1, 0.15) is 20.8 Å². The van der Waals surface area contributed by atoms with Crippen LogP contribution in [0.4, 0.5) is 4.79 Å². The Hall–Kier alpha value is -0.810. The first-order chi connectivity index (χ1) is 7.74. The number of carbonyl (C=O) groups is 1. The zero-order valence-electron chi connectivity index (χ0n) is 11.7. The van der Waals surface area contributed by atoms with Crippen molar-refractivity contribution in [2.75, 3.05) is 34.3 Å². The molecule has 1 heterocycles. The van der Waals surface area contributed by atoms with E-state index in [0.29, 0.717) is 13.1 Å². The van der Waals surface area contributed by atoms with E-state index >= 15 is 0 Å². The molecule has 0 aromatic heterocycles. The third-order valence-electron chi connectivity index (χ3n) is 2.85. The van der Waals surface area contributed by atoms with Crippen molar-refractivity contribution < 1.29 is 14.3 Å². The predicted molar refractivity (Wildman–Crippen MR) is 66.1 cm³/mol. The van der Waals surface area contributed by atoms with E-state index in [9.17, 15) is 4.79 Å². The second kappa shape index (κ2) is 5.23.